The second-order valence-corrected chi connectivity index (χ2v) is 7.09. The Morgan fingerprint density at radius 2 is 2.00 bits per heavy atom. The summed E-state index contributed by atoms with van der Waals surface area (Å²) in [5.41, 5.74) is 9.78. The number of likely N-dealkylation sites (tertiary alicyclic amines) is 1. The Labute approximate surface area is 168 Å². The summed E-state index contributed by atoms with van der Waals surface area (Å²) in [5, 5.41) is 12.3. The van der Waals surface area contributed by atoms with Gasteiger partial charge in [0.2, 0.25) is 5.89 Å². The molecule has 0 unspecified atom stereocenters. The van der Waals surface area contributed by atoms with Crippen LogP contribution in [0.15, 0.2) is 46.9 Å². The minimum atomic E-state index is -0.851. The van der Waals surface area contributed by atoms with E-state index in [1.807, 2.05) is 30.3 Å². The largest absolute Gasteiger partial charge is 0.465 e. The molecule has 152 valence electrons. The Bertz CT molecular complexity index is 978. The molecule has 2 heterocycles. The van der Waals surface area contributed by atoms with Crippen LogP contribution in [0.4, 0.5) is 16.2 Å². The van der Waals surface area contributed by atoms with Crippen molar-refractivity contribution in [1.29, 1.82) is 0 Å². The maximum Gasteiger partial charge on any atom is 0.407 e. The van der Waals surface area contributed by atoms with Crippen LogP contribution in [0.3, 0.4) is 0 Å². The number of hydrogen-bond acceptors (Lipinski definition) is 6. The van der Waals surface area contributed by atoms with E-state index in [4.69, 9.17) is 20.0 Å². The van der Waals surface area contributed by atoms with Gasteiger partial charge in [0.25, 0.3) is 0 Å². The summed E-state index contributed by atoms with van der Waals surface area (Å²) in [6.07, 6.45) is 0.771. The SMILES string of the molecule is Nc1ccc2oc(-c3ccc(NCCOC4CCN(C(=O)O)CC4)cc3)nc2c1. The van der Waals surface area contributed by atoms with E-state index in [1.165, 1.54) is 4.90 Å². The van der Waals surface area contributed by atoms with Gasteiger partial charge in [-0.05, 0) is 55.3 Å². The highest BCUT2D eigenvalue weighted by Gasteiger charge is 2.22. The van der Waals surface area contributed by atoms with E-state index in [0.29, 0.717) is 43.4 Å². The van der Waals surface area contributed by atoms with E-state index in [-0.39, 0.29) is 6.10 Å². The van der Waals surface area contributed by atoms with Crippen LogP contribution in [0.2, 0.25) is 0 Å². The van der Waals surface area contributed by atoms with E-state index in [1.54, 1.807) is 12.1 Å². The third-order valence-corrected chi connectivity index (χ3v) is 5.04. The second-order valence-electron chi connectivity index (χ2n) is 7.09. The van der Waals surface area contributed by atoms with Crippen molar-refractivity contribution < 1.29 is 19.1 Å². The first kappa shape index (κ1) is 19.1. The van der Waals surface area contributed by atoms with Crippen LogP contribution < -0.4 is 11.1 Å². The minimum Gasteiger partial charge on any atom is -0.465 e. The lowest BCUT2D eigenvalue weighted by Gasteiger charge is -2.29. The molecule has 1 aliphatic heterocycles. The fraction of sp³-hybridized carbons (Fsp3) is 0.333. The molecule has 4 N–H and O–H groups in total. The van der Waals surface area contributed by atoms with Crippen molar-refractivity contribution in [2.75, 3.05) is 37.3 Å². The summed E-state index contributed by atoms with van der Waals surface area (Å²) in [6.45, 7) is 2.33. The molecule has 1 fully saturated rings. The highest BCUT2D eigenvalue weighted by atomic mass is 16.5. The Morgan fingerprint density at radius 1 is 1.24 bits per heavy atom. The fourth-order valence-corrected chi connectivity index (χ4v) is 3.43. The lowest BCUT2D eigenvalue weighted by molar-refractivity contribution is 0.0151. The number of rotatable bonds is 6. The smallest absolute Gasteiger partial charge is 0.407 e. The molecule has 4 rings (SSSR count). The van der Waals surface area contributed by atoms with Gasteiger partial charge >= 0.3 is 6.09 Å². The summed E-state index contributed by atoms with van der Waals surface area (Å²) in [6, 6.07) is 13.3. The molecule has 1 aliphatic rings. The van der Waals surface area contributed by atoms with Gasteiger partial charge in [-0.1, -0.05) is 0 Å². The third-order valence-electron chi connectivity index (χ3n) is 5.04. The van der Waals surface area contributed by atoms with Crippen molar-refractivity contribution >= 4 is 28.6 Å². The molecule has 29 heavy (non-hydrogen) atoms. The van der Waals surface area contributed by atoms with E-state index in [2.05, 4.69) is 10.3 Å². The fourth-order valence-electron chi connectivity index (χ4n) is 3.43. The van der Waals surface area contributed by atoms with Crippen molar-refractivity contribution in [3.8, 4) is 11.5 Å². The van der Waals surface area contributed by atoms with E-state index < -0.39 is 6.09 Å². The zero-order chi connectivity index (χ0) is 20.2. The number of carboxylic acid groups (broad SMARTS) is 1. The van der Waals surface area contributed by atoms with Gasteiger partial charge < -0.3 is 30.2 Å². The van der Waals surface area contributed by atoms with Gasteiger partial charge in [-0.25, -0.2) is 9.78 Å². The molecule has 1 aromatic heterocycles. The van der Waals surface area contributed by atoms with Crippen LogP contribution in [0.5, 0.6) is 0 Å². The zero-order valence-corrected chi connectivity index (χ0v) is 16.0. The molecule has 0 saturated carbocycles. The Morgan fingerprint density at radius 3 is 2.72 bits per heavy atom. The lowest BCUT2D eigenvalue weighted by Crippen LogP contribution is -2.40. The van der Waals surface area contributed by atoms with Crippen LogP contribution in [0.1, 0.15) is 12.8 Å². The first-order valence-corrected chi connectivity index (χ1v) is 9.68. The van der Waals surface area contributed by atoms with Gasteiger partial charge in [-0.3, -0.25) is 0 Å². The van der Waals surface area contributed by atoms with Crippen LogP contribution in [0, 0.1) is 0 Å². The predicted octanol–water partition coefficient (Wildman–Crippen LogP) is 3.65. The number of benzene rings is 2. The number of carbonyl (C=O) groups is 1. The van der Waals surface area contributed by atoms with E-state index in [0.717, 1.165) is 29.6 Å². The Kier molecular flexibility index (Phi) is 5.53. The summed E-state index contributed by atoms with van der Waals surface area (Å²) in [4.78, 5) is 16.8. The van der Waals surface area contributed by atoms with Crippen LogP contribution in [-0.2, 0) is 4.74 Å². The van der Waals surface area contributed by atoms with Crippen molar-refractivity contribution in [2.45, 2.75) is 18.9 Å². The quantitative estimate of drug-likeness (QED) is 0.430. The van der Waals surface area contributed by atoms with Gasteiger partial charge in [0.15, 0.2) is 5.58 Å². The van der Waals surface area contributed by atoms with Crippen LogP contribution >= 0.6 is 0 Å². The van der Waals surface area contributed by atoms with Crippen LogP contribution in [-0.4, -0.2) is 53.4 Å². The standard InChI is InChI=1S/C21H24N4O4/c22-15-3-6-19-18(13-15)24-20(29-19)14-1-4-16(5-2-14)23-9-12-28-17-7-10-25(11-8-17)21(26)27/h1-6,13,17,23H,7-12,22H2,(H,26,27). The first-order valence-electron chi connectivity index (χ1n) is 9.68. The summed E-state index contributed by atoms with van der Waals surface area (Å²) in [7, 11) is 0. The molecule has 0 radical (unpaired) electrons. The lowest BCUT2D eigenvalue weighted by atomic mass is 10.1. The minimum absolute atomic E-state index is 0.128. The molecule has 1 amide bonds. The van der Waals surface area contributed by atoms with Crippen molar-refractivity contribution in [2.24, 2.45) is 0 Å². The Hall–Kier alpha value is -3.26. The average molecular weight is 396 g/mol. The van der Waals surface area contributed by atoms with Crippen molar-refractivity contribution in [3.05, 3.63) is 42.5 Å². The average Bonchev–Trinajstić information content (AvgIpc) is 3.15. The first-order chi connectivity index (χ1) is 14.1. The number of nitrogens with two attached hydrogens (primary N) is 1. The number of nitrogens with one attached hydrogen (secondary N) is 1. The van der Waals surface area contributed by atoms with Crippen LogP contribution in [0.25, 0.3) is 22.6 Å². The monoisotopic (exact) mass is 396 g/mol. The molecule has 0 aliphatic carbocycles. The maximum atomic E-state index is 10.9. The van der Waals surface area contributed by atoms with Crippen molar-refractivity contribution in [1.82, 2.24) is 9.88 Å². The molecular weight excluding hydrogens is 372 g/mol. The predicted molar refractivity (Wildman–Crippen MR) is 111 cm³/mol. The number of anilines is 2. The van der Waals surface area contributed by atoms with E-state index >= 15 is 0 Å². The number of fused-ring (bicyclic) bond motifs is 1. The van der Waals surface area contributed by atoms with E-state index in [9.17, 15) is 4.79 Å². The highest BCUT2D eigenvalue weighted by Crippen LogP contribution is 2.26. The van der Waals surface area contributed by atoms with Gasteiger partial charge in [-0.2, -0.15) is 0 Å². The highest BCUT2D eigenvalue weighted by molar-refractivity contribution is 5.79. The number of nitrogen functional groups attached to an aromatic ring is 1. The molecular formula is C21H24N4O4. The normalized spacial score (nSPS) is 15.0. The van der Waals surface area contributed by atoms with Crippen molar-refractivity contribution in [3.63, 3.8) is 0 Å². The summed E-state index contributed by atoms with van der Waals surface area (Å²) >= 11 is 0. The number of piperidine rings is 1. The van der Waals surface area contributed by atoms with Gasteiger partial charge in [0, 0.05) is 36.6 Å². The number of amides is 1. The number of ether oxygens (including phenoxy) is 1. The molecule has 8 heteroatoms. The molecule has 8 nitrogen and oxygen atoms in total. The summed E-state index contributed by atoms with van der Waals surface area (Å²) in [5.74, 6) is 0.563. The van der Waals surface area contributed by atoms with Gasteiger partial charge in [0.1, 0.15) is 5.52 Å². The topological polar surface area (TPSA) is 114 Å². The molecule has 0 atom stereocenters. The van der Waals surface area contributed by atoms with Gasteiger partial charge in [-0.15, -0.1) is 0 Å². The number of hydrogen-bond donors (Lipinski definition) is 3. The number of oxazole rings is 1. The maximum absolute atomic E-state index is 10.9. The van der Waals surface area contributed by atoms with Gasteiger partial charge in [0.05, 0.1) is 12.7 Å². The molecule has 1 saturated heterocycles. The molecule has 2 aromatic carbocycles. The second kappa shape index (κ2) is 8.40. The zero-order valence-electron chi connectivity index (χ0n) is 16.0. The molecule has 0 spiro atoms. The Balaban J connectivity index is 1.25. The molecule has 0 bridgehead atoms. The number of nitrogens with zero attached hydrogens (tertiary/aromatic N) is 2. The summed E-state index contributed by atoms with van der Waals surface area (Å²) < 4.78 is 11.6. The third kappa shape index (κ3) is 4.60. The number of aromatic nitrogens is 1. The molecule has 3 aromatic rings.